The van der Waals surface area contributed by atoms with Crippen LogP contribution in [0.2, 0.25) is 19.6 Å². The molecule has 0 spiro atoms. The normalized spacial score (nSPS) is 19.8. The zero-order valence-corrected chi connectivity index (χ0v) is 19.0. The molecular formula is C22H30N6OSi. The second kappa shape index (κ2) is 8.23. The van der Waals surface area contributed by atoms with E-state index in [1.54, 1.807) is 6.20 Å². The molecule has 30 heavy (non-hydrogen) atoms. The van der Waals surface area contributed by atoms with Crippen molar-refractivity contribution in [3.63, 3.8) is 0 Å². The van der Waals surface area contributed by atoms with Gasteiger partial charge in [-0.05, 0) is 37.7 Å². The van der Waals surface area contributed by atoms with Crippen molar-refractivity contribution < 1.29 is 4.79 Å². The number of aromatic amines is 1. The monoisotopic (exact) mass is 422 g/mol. The summed E-state index contributed by atoms with van der Waals surface area (Å²) >= 11 is 0. The van der Waals surface area contributed by atoms with Gasteiger partial charge in [0.05, 0.1) is 32.3 Å². The van der Waals surface area contributed by atoms with Crippen LogP contribution in [0.3, 0.4) is 0 Å². The van der Waals surface area contributed by atoms with Gasteiger partial charge in [0.2, 0.25) is 5.91 Å². The third-order valence-corrected chi connectivity index (χ3v) is 7.24. The first kappa shape index (κ1) is 20.6. The van der Waals surface area contributed by atoms with E-state index in [-0.39, 0.29) is 12.3 Å². The first-order valence-electron chi connectivity index (χ1n) is 10.8. The van der Waals surface area contributed by atoms with Crippen LogP contribution in [0.5, 0.6) is 0 Å². The molecule has 3 heterocycles. The van der Waals surface area contributed by atoms with Crippen LogP contribution in [0.4, 0.5) is 0 Å². The standard InChI is InChI=1S/C22H30N6OSi/c1-30(2,3)14-26-20(29)12-19-27-18-13-25-22-17(9-11-24-22)21(18)28(19)16-6-4-15(5-7-16)8-10-23/h9,11,13,15-16H,4-8,12,14H2,1-3H3,(H,24,25)(H,26,29). The van der Waals surface area contributed by atoms with Gasteiger partial charge in [-0.3, -0.25) is 4.79 Å². The number of carbonyl (C=O) groups excluding carboxylic acids is 1. The molecule has 0 saturated heterocycles. The van der Waals surface area contributed by atoms with Crippen molar-refractivity contribution in [2.24, 2.45) is 5.92 Å². The minimum absolute atomic E-state index is 0.0328. The van der Waals surface area contributed by atoms with E-state index in [0.717, 1.165) is 59.7 Å². The third kappa shape index (κ3) is 4.26. The quantitative estimate of drug-likeness (QED) is 0.584. The molecule has 0 unspecified atom stereocenters. The molecule has 7 nitrogen and oxygen atoms in total. The largest absolute Gasteiger partial charge is 0.359 e. The van der Waals surface area contributed by atoms with E-state index in [4.69, 9.17) is 10.2 Å². The van der Waals surface area contributed by atoms with Gasteiger partial charge >= 0.3 is 0 Å². The van der Waals surface area contributed by atoms with Crippen molar-refractivity contribution in [3.05, 3.63) is 24.3 Å². The highest BCUT2D eigenvalue weighted by Gasteiger charge is 2.27. The van der Waals surface area contributed by atoms with Gasteiger partial charge in [-0.15, -0.1) is 0 Å². The average molecular weight is 423 g/mol. The number of aromatic nitrogens is 4. The van der Waals surface area contributed by atoms with Gasteiger partial charge in [0.1, 0.15) is 17.0 Å². The van der Waals surface area contributed by atoms with E-state index < -0.39 is 8.07 Å². The van der Waals surface area contributed by atoms with Crippen molar-refractivity contribution in [3.8, 4) is 6.07 Å². The van der Waals surface area contributed by atoms with E-state index in [2.05, 4.69) is 45.6 Å². The van der Waals surface area contributed by atoms with E-state index in [9.17, 15) is 4.79 Å². The molecule has 1 aliphatic rings. The zero-order valence-electron chi connectivity index (χ0n) is 18.0. The van der Waals surface area contributed by atoms with Gasteiger partial charge in [0.25, 0.3) is 0 Å². The number of nitriles is 1. The predicted octanol–water partition coefficient (Wildman–Crippen LogP) is 4.09. The molecular weight excluding hydrogens is 392 g/mol. The Morgan fingerprint density at radius 2 is 2.10 bits per heavy atom. The van der Waals surface area contributed by atoms with Gasteiger partial charge in [-0.1, -0.05) is 19.6 Å². The highest BCUT2D eigenvalue weighted by Crippen LogP contribution is 2.37. The molecule has 0 atom stereocenters. The smallest absolute Gasteiger partial charge is 0.227 e. The number of hydrogen-bond acceptors (Lipinski definition) is 4. The van der Waals surface area contributed by atoms with Crippen molar-refractivity contribution in [1.29, 1.82) is 5.26 Å². The van der Waals surface area contributed by atoms with Crippen LogP contribution in [-0.2, 0) is 11.2 Å². The van der Waals surface area contributed by atoms with Gasteiger partial charge in [-0.25, -0.2) is 9.97 Å². The van der Waals surface area contributed by atoms with E-state index >= 15 is 0 Å². The summed E-state index contributed by atoms with van der Waals surface area (Å²) in [6, 6.07) is 4.66. The second-order valence-electron chi connectivity index (χ2n) is 9.68. The maximum Gasteiger partial charge on any atom is 0.227 e. The van der Waals surface area contributed by atoms with E-state index in [1.165, 1.54) is 0 Å². The lowest BCUT2D eigenvalue weighted by Crippen LogP contribution is -2.40. The van der Waals surface area contributed by atoms with Crippen LogP contribution >= 0.6 is 0 Å². The lowest BCUT2D eigenvalue weighted by molar-refractivity contribution is -0.120. The molecule has 158 valence electrons. The Balaban J connectivity index is 1.68. The molecule has 8 heteroatoms. The summed E-state index contributed by atoms with van der Waals surface area (Å²) in [5.41, 5.74) is 2.75. The SMILES string of the molecule is C[Si](C)(C)CNC(=O)Cc1nc2cnc3[nH]ccc3c2n1C1CCC(CC#N)CC1. The number of nitrogens with zero attached hydrogens (tertiary/aromatic N) is 4. The van der Waals surface area contributed by atoms with Crippen molar-refractivity contribution >= 4 is 36.0 Å². The van der Waals surface area contributed by atoms with Gasteiger partial charge in [-0.2, -0.15) is 5.26 Å². The van der Waals surface area contributed by atoms with E-state index in [0.29, 0.717) is 18.4 Å². The lowest BCUT2D eigenvalue weighted by Gasteiger charge is -2.30. The maximum atomic E-state index is 12.7. The molecule has 3 aromatic rings. The summed E-state index contributed by atoms with van der Waals surface area (Å²) in [7, 11) is -1.36. The molecule has 0 aromatic carbocycles. The number of carbonyl (C=O) groups is 1. The van der Waals surface area contributed by atoms with Crippen molar-refractivity contribution in [2.45, 2.75) is 64.2 Å². The van der Waals surface area contributed by atoms with Crippen LogP contribution in [0, 0.1) is 17.2 Å². The number of rotatable bonds is 6. The van der Waals surface area contributed by atoms with Crippen molar-refractivity contribution in [1.82, 2.24) is 24.8 Å². The third-order valence-electron chi connectivity index (χ3n) is 6.00. The Hall–Kier alpha value is -2.66. The van der Waals surface area contributed by atoms with E-state index in [1.807, 2.05) is 12.3 Å². The maximum absolute atomic E-state index is 12.7. The fraction of sp³-hybridized carbons (Fsp3) is 0.545. The Labute approximate surface area is 177 Å². The van der Waals surface area contributed by atoms with Crippen molar-refractivity contribution in [2.75, 3.05) is 6.17 Å². The number of amides is 1. The highest BCUT2D eigenvalue weighted by atomic mass is 28.3. The number of fused-ring (bicyclic) bond motifs is 3. The Bertz CT molecular complexity index is 1090. The first-order chi connectivity index (χ1) is 14.4. The molecule has 2 N–H and O–H groups in total. The predicted molar refractivity (Wildman–Crippen MR) is 121 cm³/mol. The fourth-order valence-electron chi connectivity index (χ4n) is 4.46. The van der Waals surface area contributed by atoms with Crippen LogP contribution in [0.15, 0.2) is 18.5 Å². The van der Waals surface area contributed by atoms with Crippen LogP contribution < -0.4 is 5.32 Å². The molecule has 3 aromatic heterocycles. The summed E-state index contributed by atoms with van der Waals surface area (Å²) in [6.07, 6.45) is 9.49. The summed E-state index contributed by atoms with van der Waals surface area (Å²) in [5.74, 6) is 1.33. The van der Waals surface area contributed by atoms with Crippen LogP contribution in [-0.4, -0.2) is 39.7 Å². The fourth-order valence-corrected chi connectivity index (χ4v) is 5.19. The number of hydrogen-bond donors (Lipinski definition) is 2. The summed E-state index contributed by atoms with van der Waals surface area (Å²) in [6.45, 7) is 6.74. The molecule has 1 aliphatic carbocycles. The molecule has 1 amide bonds. The number of H-pyrrole nitrogens is 1. The Kier molecular flexibility index (Phi) is 5.65. The molecule has 1 fully saturated rings. The molecule has 0 radical (unpaired) electrons. The van der Waals surface area contributed by atoms with Gasteiger partial charge < -0.3 is 14.9 Å². The van der Waals surface area contributed by atoms with Gasteiger partial charge in [0.15, 0.2) is 0 Å². The Morgan fingerprint density at radius 3 is 2.80 bits per heavy atom. The minimum atomic E-state index is -1.36. The lowest BCUT2D eigenvalue weighted by atomic mass is 9.84. The molecule has 4 rings (SSSR count). The number of imidazole rings is 1. The zero-order chi connectivity index (χ0) is 21.3. The minimum Gasteiger partial charge on any atom is -0.359 e. The summed E-state index contributed by atoms with van der Waals surface area (Å²) in [4.78, 5) is 25.2. The number of nitrogens with one attached hydrogen (secondary N) is 2. The van der Waals surface area contributed by atoms with Gasteiger partial charge in [0, 0.05) is 30.2 Å². The highest BCUT2D eigenvalue weighted by molar-refractivity contribution is 6.76. The molecule has 1 saturated carbocycles. The second-order valence-corrected chi connectivity index (χ2v) is 15.2. The van der Waals surface area contributed by atoms with Crippen LogP contribution in [0.1, 0.15) is 44.0 Å². The first-order valence-corrected chi connectivity index (χ1v) is 14.5. The average Bonchev–Trinajstić information content (AvgIpc) is 3.30. The number of pyridine rings is 1. The van der Waals surface area contributed by atoms with Crippen LogP contribution in [0.25, 0.3) is 22.1 Å². The topological polar surface area (TPSA) is 99.4 Å². The Morgan fingerprint density at radius 1 is 1.33 bits per heavy atom. The summed E-state index contributed by atoms with van der Waals surface area (Å²) < 4.78 is 2.30. The molecule has 0 bridgehead atoms. The molecule has 0 aliphatic heterocycles. The summed E-state index contributed by atoms with van der Waals surface area (Å²) in [5, 5.41) is 13.2.